The number of ether oxygens (including phenoxy) is 2. The van der Waals surface area contributed by atoms with Gasteiger partial charge in [0, 0.05) is 0 Å². The molecule has 1 heterocycles. The molecule has 9 heteroatoms. The number of thioether (sulfide) groups is 1. The lowest BCUT2D eigenvalue weighted by Gasteiger charge is -2.06. The van der Waals surface area contributed by atoms with Crippen molar-refractivity contribution in [3.05, 3.63) is 58.0 Å². The van der Waals surface area contributed by atoms with Crippen molar-refractivity contribution in [3.8, 4) is 11.5 Å². The maximum absolute atomic E-state index is 12.2. The highest BCUT2D eigenvalue weighted by atomic mass is 35.5. The zero-order valence-corrected chi connectivity index (χ0v) is 17.0. The molecule has 0 radical (unpaired) electrons. The number of amidine groups is 1. The number of nitrogens with zero attached hydrogens (tertiary/aromatic N) is 1. The van der Waals surface area contributed by atoms with Crippen LogP contribution in [0, 0.1) is 0 Å². The van der Waals surface area contributed by atoms with E-state index in [1.165, 1.54) is 11.8 Å². The molecule has 0 aromatic heterocycles. The first kappa shape index (κ1) is 20.8. The SMILES string of the molecule is CCOc1ccc(N=C2NC(=O)C(=Cc3ccc(OCC(N)=O)c(Cl)c3)S2)cc1. The molecular weight excluding hydrogens is 414 g/mol. The Morgan fingerprint density at radius 3 is 2.66 bits per heavy atom. The van der Waals surface area contributed by atoms with Crippen LogP contribution in [0.4, 0.5) is 5.69 Å². The maximum atomic E-state index is 12.2. The second-order valence-electron chi connectivity index (χ2n) is 5.85. The normalized spacial score (nSPS) is 16.1. The summed E-state index contributed by atoms with van der Waals surface area (Å²) >= 11 is 7.39. The summed E-state index contributed by atoms with van der Waals surface area (Å²) in [6.07, 6.45) is 1.70. The fourth-order valence-corrected chi connectivity index (χ4v) is 3.49. The number of hydrogen-bond acceptors (Lipinski definition) is 6. The summed E-state index contributed by atoms with van der Waals surface area (Å²) in [5, 5.41) is 3.53. The first-order valence-electron chi connectivity index (χ1n) is 8.67. The Balaban J connectivity index is 1.71. The summed E-state index contributed by atoms with van der Waals surface area (Å²) in [4.78, 5) is 28.0. The average molecular weight is 432 g/mol. The van der Waals surface area contributed by atoms with Crippen molar-refractivity contribution in [2.45, 2.75) is 6.92 Å². The van der Waals surface area contributed by atoms with E-state index in [-0.39, 0.29) is 12.5 Å². The Kier molecular flexibility index (Phi) is 6.79. The van der Waals surface area contributed by atoms with Gasteiger partial charge in [-0.05, 0) is 66.7 Å². The number of primary amides is 1. The number of aliphatic imine (C=N–C) groups is 1. The fourth-order valence-electron chi connectivity index (χ4n) is 2.41. The second kappa shape index (κ2) is 9.49. The zero-order chi connectivity index (χ0) is 20.8. The highest BCUT2D eigenvalue weighted by molar-refractivity contribution is 8.18. The molecule has 0 spiro atoms. The van der Waals surface area contributed by atoms with E-state index in [4.69, 9.17) is 26.8 Å². The minimum absolute atomic E-state index is 0.245. The third-order valence-corrected chi connectivity index (χ3v) is 4.86. The van der Waals surface area contributed by atoms with Crippen LogP contribution in [0.1, 0.15) is 12.5 Å². The lowest BCUT2D eigenvalue weighted by Crippen LogP contribution is -2.20. The molecule has 3 rings (SSSR count). The predicted molar refractivity (Wildman–Crippen MR) is 115 cm³/mol. The van der Waals surface area contributed by atoms with Crippen LogP contribution in [0.3, 0.4) is 0 Å². The monoisotopic (exact) mass is 431 g/mol. The minimum atomic E-state index is -0.592. The molecule has 3 N–H and O–H groups in total. The quantitative estimate of drug-likeness (QED) is 0.653. The van der Waals surface area contributed by atoms with Gasteiger partial charge in [0.05, 0.1) is 22.2 Å². The van der Waals surface area contributed by atoms with Crippen LogP contribution in [-0.4, -0.2) is 30.2 Å². The van der Waals surface area contributed by atoms with E-state index in [0.29, 0.717) is 38.7 Å². The van der Waals surface area contributed by atoms with Crippen LogP contribution < -0.4 is 20.5 Å². The molecule has 0 atom stereocenters. The Morgan fingerprint density at radius 2 is 2.00 bits per heavy atom. The van der Waals surface area contributed by atoms with Gasteiger partial charge in [-0.2, -0.15) is 0 Å². The van der Waals surface area contributed by atoms with Crippen LogP contribution in [0.5, 0.6) is 11.5 Å². The van der Waals surface area contributed by atoms with Crippen LogP contribution in [0.2, 0.25) is 5.02 Å². The van der Waals surface area contributed by atoms with Gasteiger partial charge in [0.15, 0.2) is 11.8 Å². The topological polar surface area (TPSA) is 103 Å². The van der Waals surface area contributed by atoms with E-state index < -0.39 is 5.91 Å². The molecule has 0 aliphatic carbocycles. The van der Waals surface area contributed by atoms with Crippen molar-refractivity contribution in [1.82, 2.24) is 5.32 Å². The van der Waals surface area contributed by atoms with E-state index in [2.05, 4.69) is 10.3 Å². The summed E-state index contributed by atoms with van der Waals surface area (Å²) in [6.45, 7) is 2.25. The Labute approximate surface area is 176 Å². The number of nitrogens with one attached hydrogen (secondary N) is 1. The number of amides is 2. The van der Waals surface area contributed by atoms with Crippen molar-refractivity contribution < 1.29 is 19.1 Å². The van der Waals surface area contributed by atoms with Crippen molar-refractivity contribution in [1.29, 1.82) is 0 Å². The van der Waals surface area contributed by atoms with Crippen molar-refractivity contribution >= 4 is 52.1 Å². The average Bonchev–Trinajstić information content (AvgIpc) is 3.01. The summed E-state index contributed by atoms with van der Waals surface area (Å²) in [5.41, 5.74) is 6.47. The molecule has 0 saturated carbocycles. The third kappa shape index (κ3) is 5.75. The van der Waals surface area contributed by atoms with Crippen LogP contribution in [-0.2, 0) is 9.59 Å². The number of carbonyl (C=O) groups excluding carboxylic acids is 2. The van der Waals surface area contributed by atoms with E-state index in [0.717, 1.165) is 5.75 Å². The van der Waals surface area contributed by atoms with E-state index >= 15 is 0 Å². The molecule has 150 valence electrons. The molecule has 1 aliphatic rings. The molecule has 0 unspecified atom stereocenters. The first-order valence-corrected chi connectivity index (χ1v) is 9.87. The maximum Gasteiger partial charge on any atom is 0.264 e. The van der Waals surface area contributed by atoms with Gasteiger partial charge in [-0.15, -0.1) is 0 Å². The van der Waals surface area contributed by atoms with Gasteiger partial charge in [0.2, 0.25) is 0 Å². The van der Waals surface area contributed by atoms with Crippen molar-refractivity contribution in [2.24, 2.45) is 10.7 Å². The van der Waals surface area contributed by atoms with Gasteiger partial charge in [-0.25, -0.2) is 4.99 Å². The lowest BCUT2D eigenvalue weighted by atomic mass is 10.2. The second-order valence-corrected chi connectivity index (χ2v) is 7.29. The number of carbonyl (C=O) groups is 2. The molecule has 1 saturated heterocycles. The first-order chi connectivity index (χ1) is 13.9. The van der Waals surface area contributed by atoms with Gasteiger partial charge in [0.1, 0.15) is 11.5 Å². The summed E-state index contributed by atoms with van der Waals surface area (Å²) in [7, 11) is 0. The smallest absolute Gasteiger partial charge is 0.264 e. The van der Waals surface area contributed by atoms with Gasteiger partial charge in [-0.3, -0.25) is 9.59 Å². The van der Waals surface area contributed by atoms with Gasteiger partial charge in [0.25, 0.3) is 11.8 Å². The molecule has 7 nitrogen and oxygen atoms in total. The fraction of sp³-hybridized carbons (Fsp3) is 0.150. The standard InChI is InChI=1S/C20H18ClN3O4S/c1-2-27-14-6-4-13(5-7-14)23-20-24-19(26)17(29-20)10-12-3-8-16(15(21)9-12)28-11-18(22)25/h3-10H,2,11H2,1H3,(H2,22,25)(H,23,24,26). The number of hydrogen-bond donors (Lipinski definition) is 2. The van der Waals surface area contributed by atoms with Gasteiger partial charge >= 0.3 is 0 Å². The van der Waals surface area contributed by atoms with Crippen LogP contribution in [0.25, 0.3) is 6.08 Å². The van der Waals surface area contributed by atoms with Crippen molar-refractivity contribution in [2.75, 3.05) is 13.2 Å². The molecule has 0 bridgehead atoms. The van der Waals surface area contributed by atoms with Gasteiger partial charge in [-0.1, -0.05) is 17.7 Å². The molecule has 2 aromatic rings. The predicted octanol–water partition coefficient (Wildman–Crippen LogP) is 3.49. The number of rotatable bonds is 7. The molecule has 2 aromatic carbocycles. The lowest BCUT2D eigenvalue weighted by molar-refractivity contribution is -0.120. The van der Waals surface area contributed by atoms with E-state index in [1.807, 2.05) is 31.2 Å². The largest absolute Gasteiger partial charge is 0.494 e. The highest BCUT2D eigenvalue weighted by Gasteiger charge is 2.24. The van der Waals surface area contributed by atoms with Gasteiger partial charge < -0.3 is 20.5 Å². The molecule has 1 fully saturated rings. The minimum Gasteiger partial charge on any atom is -0.494 e. The highest BCUT2D eigenvalue weighted by Crippen LogP contribution is 2.31. The van der Waals surface area contributed by atoms with E-state index in [1.54, 1.807) is 24.3 Å². The Hall–Kier alpha value is -2.97. The summed E-state index contributed by atoms with van der Waals surface area (Å²) in [6, 6.07) is 12.3. The molecule has 1 aliphatic heterocycles. The zero-order valence-electron chi connectivity index (χ0n) is 15.5. The number of halogens is 1. The molecule has 29 heavy (non-hydrogen) atoms. The van der Waals surface area contributed by atoms with Crippen molar-refractivity contribution in [3.63, 3.8) is 0 Å². The molecular formula is C20H18ClN3O4S. The van der Waals surface area contributed by atoms with E-state index in [9.17, 15) is 9.59 Å². The number of benzene rings is 2. The van der Waals surface area contributed by atoms with Crippen LogP contribution in [0.15, 0.2) is 52.4 Å². The third-order valence-electron chi connectivity index (χ3n) is 3.65. The molecule has 2 amide bonds. The summed E-state index contributed by atoms with van der Waals surface area (Å²) in [5.74, 6) is 0.268. The Bertz CT molecular complexity index is 990. The summed E-state index contributed by atoms with van der Waals surface area (Å²) < 4.78 is 10.6. The Morgan fingerprint density at radius 1 is 1.24 bits per heavy atom. The van der Waals surface area contributed by atoms with Crippen LogP contribution >= 0.6 is 23.4 Å². The number of nitrogens with two attached hydrogens (primary N) is 1.